The highest BCUT2D eigenvalue weighted by molar-refractivity contribution is 7.97. The molecule has 1 unspecified atom stereocenters. The van der Waals surface area contributed by atoms with Crippen molar-refractivity contribution in [3.8, 4) is 11.5 Å². The number of nitrogens with one attached hydrogen (secondary N) is 1. The summed E-state index contributed by atoms with van der Waals surface area (Å²) in [7, 11) is 1.58. The molecule has 0 aromatic heterocycles. The van der Waals surface area contributed by atoms with Gasteiger partial charge in [0.15, 0.2) is 11.5 Å². The molecular weight excluding hydrogens is 472 g/mol. The second-order valence-corrected chi connectivity index (χ2v) is 10.6. The van der Waals surface area contributed by atoms with Crippen LogP contribution < -0.4 is 24.8 Å². The van der Waals surface area contributed by atoms with Gasteiger partial charge < -0.3 is 29.5 Å². The Morgan fingerprint density at radius 3 is 2.74 bits per heavy atom. The smallest absolute Gasteiger partial charge is 0.414 e. The molecule has 35 heavy (non-hydrogen) atoms. The number of hydrogen-bond donors (Lipinski definition) is 3. The van der Waals surface area contributed by atoms with Gasteiger partial charge in [0, 0.05) is 37.9 Å². The summed E-state index contributed by atoms with van der Waals surface area (Å²) in [5.74, 6) is 1.26. The number of anilines is 1. The first-order valence-electron chi connectivity index (χ1n) is 12.0. The Bertz CT molecular complexity index is 894. The minimum atomic E-state index is -0.654. The molecule has 11 heteroatoms. The number of amides is 2. The standard InChI is InChI=1S/C24H38N4O6S/c1-24(2,3)34-23(31)27(4)17-12-18(21-20(13-17)32-9-10-33-21)22(30)26-14-16-6-8-28(15-19(16)29)7-5-11-35-25/h12-13,16,19,29H,5-11,14-15,25H2,1-4H3,(H,26,30)/t16-,19?/m0/s1. The molecule has 0 spiro atoms. The Hall–Kier alpha value is -2.21. The van der Waals surface area contributed by atoms with Crippen LogP contribution in [0.15, 0.2) is 12.1 Å². The van der Waals surface area contributed by atoms with Crippen molar-refractivity contribution < 1.29 is 28.9 Å². The lowest BCUT2D eigenvalue weighted by molar-refractivity contribution is 0.0223. The zero-order chi connectivity index (χ0) is 25.6. The van der Waals surface area contributed by atoms with Gasteiger partial charge in [-0.15, -0.1) is 0 Å². The molecule has 196 valence electrons. The van der Waals surface area contributed by atoms with E-state index in [0.717, 1.165) is 31.7 Å². The minimum absolute atomic E-state index is 0.0419. The third-order valence-electron chi connectivity index (χ3n) is 5.99. The lowest BCUT2D eigenvalue weighted by Crippen LogP contribution is -2.48. The van der Waals surface area contributed by atoms with E-state index in [1.165, 1.54) is 16.8 Å². The maximum atomic E-state index is 13.2. The van der Waals surface area contributed by atoms with Gasteiger partial charge in [0.2, 0.25) is 0 Å². The number of carbonyl (C=O) groups is 2. The normalized spacial score (nSPS) is 20.3. The summed E-state index contributed by atoms with van der Waals surface area (Å²) >= 11 is 1.33. The largest absolute Gasteiger partial charge is 0.486 e. The highest BCUT2D eigenvalue weighted by Crippen LogP contribution is 2.38. The summed E-state index contributed by atoms with van der Waals surface area (Å²) in [4.78, 5) is 29.3. The monoisotopic (exact) mass is 510 g/mol. The van der Waals surface area contributed by atoms with Gasteiger partial charge in [0.25, 0.3) is 5.91 Å². The third kappa shape index (κ3) is 7.63. The molecular formula is C24H38N4O6S. The number of rotatable bonds is 8. The van der Waals surface area contributed by atoms with E-state index in [1.807, 2.05) is 0 Å². The Morgan fingerprint density at radius 2 is 2.06 bits per heavy atom. The maximum Gasteiger partial charge on any atom is 0.414 e. The summed E-state index contributed by atoms with van der Waals surface area (Å²) in [6, 6.07) is 3.26. The van der Waals surface area contributed by atoms with Gasteiger partial charge in [-0.25, -0.2) is 4.79 Å². The third-order valence-corrected chi connectivity index (χ3v) is 6.52. The number of aliphatic hydroxyl groups excluding tert-OH is 1. The van der Waals surface area contributed by atoms with Crippen LogP contribution in [0.1, 0.15) is 44.0 Å². The molecule has 2 atom stereocenters. The molecule has 10 nitrogen and oxygen atoms in total. The van der Waals surface area contributed by atoms with Crippen molar-refractivity contribution in [3.63, 3.8) is 0 Å². The van der Waals surface area contributed by atoms with Crippen molar-refractivity contribution in [2.75, 3.05) is 57.1 Å². The maximum absolute atomic E-state index is 13.2. The molecule has 2 amide bonds. The first-order valence-corrected chi connectivity index (χ1v) is 13.0. The molecule has 1 aromatic carbocycles. The molecule has 0 saturated carbocycles. The summed E-state index contributed by atoms with van der Waals surface area (Å²) in [5, 5.41) is 19.0. The Kier molecular flexibility index (Phi) is 9.51. The molecule has 1 saturated heterocycles. The van der Waals surface area contributed by atoms with Gasteiger partial charge in [-0.1, -0.05) is 11.9 Å². The van der Waals surface area contributed by atoms with Gasteiger partial charge in [-0.3, -0.25) is 14.8 Å². The SMILES string of the molecule is CN(C(=O)OC(C)(C)C)c1cc2c(c(C(=O)NC[C@@H]3CCN(CCCSN)CC3O)c1)OCCO2. The Morgan fingerprint density at radius 1 is 1.31 bits per heavy atom. The van der Waals surface area contributed by atoms with Crippen LogP contribution in [0.25, 0.3) is 0 Å². The molecule has 4 N–H and O–H groups in total. The summed E-state index contributed by atoms with van der Waals surface area (Å²) in [6.07, 6.45) is 0.709. The molecule has 1 aromatic rings. The number of hydrogen-bond acceptors (Lipinski definition) is 9. The zero-order valence-corrected chi connectivity index (χ0v) is 21.9. The number of nitrogens with two attached hydrogens (primary N) is 1. The number of nitrogens with zero attached hydrogens (tertiary/aromatic N) is 2. The van der Waals surface area contributed by atoms with E-state index in [4.69, 9.17) is 19.3 Å². The van der Waals surface area contributed by atoms with Crippen molar-refractivity contribution in [2.24, 2.45) is 11.1 Å². The van der Waals surface area contributed by atoms with Gasteiger partial charge in [0.1, 0.15) is 18.8 Å². The molecule has 2 aliphatic rings. The number of carbonyl (C=O) groups excluding carboxylic acids is 2. The predicted octanol–water partition coefficient (Wildman–Crippen LogP) is 2.24. The number of aliphatic hydroxyl groups is 1. The molecule has 0 bridgehead atoms. The van der Waals surface area contributed by atoms with E-state index in [0.29, 0.717) is 43.5 Å². The summed E-state index contributed by atoms with van der Waals surface area (Å²) < 4.78 is 16.9. The van der Waals surface area contributed by atoms with Crippen LogP contribution in [0.5, 0.6) is 11.5 Å². The van der Waals surface area contributed by atoms with Gasteiger partial charge >= 0.3 is 6.09 Å². The van der Waals surface area contributed by atoms with Crippen molar-refractivity contribution in [2.45, 2.75) is 45.3 Å². The average Bonchev–Trinajstić information content (AvgIpc) is 2.81. The van der Waals surface area contributed by atoms with Crippen LogP contribution in [0, 0.1) is 5.92 Å². The predicted molar refractivity (Wildman–Crippen MR) is 136 cm³/mol. The molecule has 2 aliphatic heterocycles. The molecule has 0 aliphatic carbocycles. The summed E-state index contributed by atoms with van der Waals surface area (Å²) in [6.45, 7) is 8.75. The lowest BCUT2D eigenvalue weighted by Gasteiger charge is -2.36. The Balaban J connectivity index is 1.67. The first-order chi connectivity index (χ1) is 16.6. The number of likely N-dealkylation sites (tertiary alicyclic amines) is 1. The number of β-amino-alcohol motifs (C(OH)–C–C–N with tert-alkyl or cyclic N) is 1. The minimum Gasteiger partial charge on any atom is -0.486 e. The number of ether oxygens (including phenoxy) is 3. The fourth-order valence-corrected chi connectivity index (χ4v) is 4.41. The highest BCUT2D eigenvalue weighted by Gasteiger charge is 2.30. The van der Waals surface area contributed by atoms with Gasteiger partial charge in [-0.2, -0.15) is 0 Å². The average molecular weight is 511 g/mol. The topological polar surface area (TPSA) is 127 Å². The summed E-state index contributed by atoms with van der Waals surface area (Å²) in [5.41, 5.74) is 0.0792. The van der Waals surface area contributed by atoms with Crippen LogP contribution >= 0.6 is 11.9 Å². The fraction of sp³-hybridized carbons (Fsp3) is 0.667. The zero-order valence-electron chi connectivity index (χ0n) is 21.0. The van der Waals surface area contributed by atoms with Crippen LogP contribution in [-0.4, -0.2) is 85.9 Å². The van der Waals surface area contributed by atoms with Crippen LogP contribution in [0.3, 0.4) is 0 Å². The number of piperidine rings is 1. The quantitative estimate of drug-likeness (QED) is 0.356. The van der Waals surface area contributed by atoms with Crippen molar-refractivity contribution in [3.05, 3.63) is 17.7 Å². The van der Waals surface area contributed by atoms with Gasteiger partial charge in [-0.05, 0) is 52.8 Å². The van der Waals surface area contributed by atoms with Crippen LogP contribution in [-0.2, 0) is 4.74 Å². The molecule has 2 heterocycles. The Labute approximate surface area is 211 Å². The van der Waals surface area contributed by atoms with Crippen molar-refractivity contribution in [1.29, 1.82) is 0 Å². The van der Waals surface area contributed by atoms with E-state index >= 15 is 0 Å². The molecule has 0 radical (unpaired) electrons. The van der Waals surface area contributed by atoms with E-state index in [9.17, 15) is 14.7 Å². The first kappa shape index (κ1) is 27.4. The van der Waals surface area contributed by atoms with Crippen molar-refractivity contribution in [1.82, 2.24) is 10.2 Å². The van der Waals surface area contributed by atoms with Crippen LogP contribution in [0.4, 0.5) is 10.5 Å². The van der Waals surface area contributed by atoms with E-state index in [-0.39, 0.29) is 17.4 Å². The van der Waals surface area contributed by atoms with Gasteiger partial charge in [0.05, 0.1) is 17.4 Å². The number of benzene rings is 1. The van der Waals surface area contributed by atoms with Crippen LogP contribution in [0.2, 0.25) is 0 Å². The molecule has 3 rings (SSSR count). The van der Waals surface area contributed by atoms with E-state index in [2.05, 4.69) is 10.2 Å². The molecule has 1 fully saturated rings. The second-order valence-electron chi connectivity index (χ2n) is 9.91. The fourth-order valence-electron chi connectivity index (χ4n) is 4.11. The van der Waals surface area contributed by atoms with Crippen molar-refractivity contribution >= 4 is 29.6 Å². The van der Waals surface area contributed by atoms with E-state index in [1.54, 1.807) is 40.0 Å². The highest BCUT2D eigenvalue weighted by atomic mass is 32.2. The number of fused-ring (bicyclic) bond motifs is 1. The second kappa shape index (κ2) is 12.2. The van der Waals surface area contributed by atoms with E-state index < -0.39 is 17.8 Å². The lowest BCUT2D eigenvalue weighted by atomic mass is 9.93.